The molecule has 0 aromatic heterocycles. The topological polar surface area (TPSA) is 65.7 Å². The lowest BCUT2D eigenvalue weighted by Gasteiger charge is -2.21. The van der Waals surface area contributed by atoms with Crippen molar-refractivity contribution in [2.75, 3.05) is 41.0 Å². The summed E-state index contributed by atoms with van der Waals surface area (Å²) in [6.45, 7) is 2.03. The minimum Gasteiger partial charge on any atom is -0.383 e. The van der Waals surface area contributed by atoms with Gasteiger partial charge in [0.2, 0.25) is 0 Å². The summed E-state index contributed by atoms with van der Waals surface area (Å²) in [6.07, 6.45) is 0.548. The smallest absolute Gasteiger partial charge is 0.158 e. The third kappa shape index (κ3) is 6.28. The van der Waals surface area contributed by atoms with Crippen LogP contribution in [0.5, 0.6) is 0 Å². The summed E-state index contributed by atoms with van der Waals surface area (Å²) in [5.41, 5.74) is 5.60. The van der Waals surface area contributed by atoms with Crippen LogP contribution in [0, 0.1) is 0 Å². The molecule has 3 N–H and O–H groups in total. The van der Waals surface area contributed by atoms with E-state index >= 15 is 0 Å². The van der Waals surface area contributed by atoms with Crippen LogP contribution in [0.3, 0.4) is 0 Å². The molecule has 0 aromatic carbocycles. The van der Waals surface area contributed by atoms with E-state index < -0.39 is 0 Å². The number of hydrogen-bond acceptors (Lipinski definition) is 5. The molecule has 0 aliphatic rings. The SMILES string of the molecule is COCCNC(CN)CC(OC)OC. The lowest BCUT2D eigenvalue weighted by Crippen LogP contribution is -2.41. The number of nitrogens with one attached hydrogen (secondary N) is 1. The molecule has 1 unspecified atom stereocenters. The monoisotopic (exact) mass is 206 g/mol. The quantitative estimate of drug-likeness (QED) is 0.395. The Balaban J connectivity index is 3.65. The van der Waals surface area contributed by atoms with Crippen molar-refractivity contribution in [2.24, 2.45) is 5.73 Å². The van der Waals surface area contributed by atoms with E-state index in [1.807, 2.05) is 0 Å². The van der Waals surface area contributed by atoms with E-state index in [0.717, 1.165) is 13.0 Å². The highest BCUT2D eigenvalue weighted by Gasteiger charge is 2.13. The Bertz CT molecular complexity index is 121. The molecule has 0 rings (SSSR count). The van der Waals surface area contributed by atoms with Crippen LogP contribution in [0.15, 0.2) is 0 Å². The number of hydrogen-bond donors (Lipinski definition) is 2. The summed E-state index contributed by atoms with van der Waals surface area (Å²) < 4.78 is 15.1. The van der Waals surface area contributed by atoms with Crippen LogP contribution in [0.25, 0.3) is 0 Å². The van der Waals surface area contributed by atoms with Crippen molar-refractivity contribution in [3.63, 3.8) is 0 Å². The van der Waals surface area contributed by atoms with E-state index in [4.69, 9.17) is 19.9 Å². The third-order valence-electron chi connectivity index (χ3n) is 2.03. The zero-order valence-electron chi connectivity index (χ0n) is 9.29. The minimum absolute atomic E-state index is 0.196. The maximum atomic E-state index is 5.60. The highest BCUT2D eigenvalue weighted by Crippen LogP contribution is 2.01. The van der Waals surface area contributed by atoms with Gasteiger partial charge in [-0.05, 0) is 0 Å². The predicted molar refractivity (Wildman–Crippen MR) is 55.1 cm³/mol. The van der Waals surface area contributed by atoms with Crippen molar-refractivity contribution in [1.82, 2.24) is 5.32 Å². The second kappa shape index (κ2) is 9.36. The first-order valence-corrected chi connectivity index (χ1v) is 4.76. The van der Waals surface area contributed by atoms with Crippen LogP contribution in [0.4, 0.5) is 0 Å². The largest absolute Gasteiger partial charge is 0.383 e. The molecule has 5 heteroatoms. The third-order valence-corrected chi connectivity index (χ3v) is 2.03. The molecule has 0 radical (unpaired) electrons. The first-order chi connectivity index (χ1) is 6.78. The molecule has 0 saturated carbocycles. The normalized spacial score (nSPS) is 13.5. The lowest BCUT2D eigenvalue weighted by atomic mass is 10.2. The molecule has 0 saturated heterocycles. The Morgan fingerprint density at radius 1 is 1.21 bits per heavy atom. The summed E-state index contributed by atoms with van der Waals surface area (Å²) in [4.78, 5) is 0. The van der Waals surface area contributed by atoms with Gasteiger partial charge in [0.1, 0.15) is 0 Å². The molecule has 0 aliphatic carbocycles. The first-order valence-electron chi connectivity index (χ1n) is 4.76. The van der Waals surface area contributed by atoms with E-state index in [1.165, 1.54) is 0 Å². The molecule has 0 fully saturated rings. The van der Waals surface area contributed by atoms with E-state index in [2.05, 4.69) is 5.32 Å². The van der Waals surface area contributed by atoms with Crippen molar-refractivity contribution in [1.29, 1.82) is 0 Å². The van der Waals surface area contributed by atoms with Crippen LogP contribution in [0.1, 0.15) is 6.42 Å². The molecule has 0 amide bonds. The average molecular weight is 206 g/mol. The van der Waals surface area contributed by atoms with Crippen LogP contribution in [-0.4, -0.2) is 53.4 Å². The zero-order valence-corrected chi connectivity index (χ0v) is 9.29. The first kappa shape index (κ1) is 13.8. The molecule has 5 nitrogen and oxygen atoms in total. The highest BCUT2D eigenvalue weighted by atomic mass is 16.7. The number of nitrogens with two attached hydrogens (primary N) is 1. The molecule has 0 bridgehead atoms. The van der Waals surface area contributed by atoms with Gasteiger partial charge < -0.3 is 25.3 Å². The molecule has 14 heavy (non-hydrogen) atoms. The number of methoxy groups -OCH3 is 3. The van der Waals surface area contributed by atoms with Gasteiger partial charge in [-0.3, -0.25) is 0 Å². The van der Waals surface area contributed by atoms with Gasteiger partial charge in [0.05, 0.1) is 6.61 Å². The van der Waals surface area contributed by atoms with Crippen LogP contribution >= 0.6 is 0 Å². The molecule has 86 valence electrons. The van der Waals surface area contributed by atoms with Crippen LogP contribution in [-0.2, 0) is 14.2 Å². The Morgan fingerprint density at radius 3 is 2.29 bits per heavy atom. The average Bonchev–Trinajstić information content (AvgIpc) is 2.23. The van der Waals surface area contributed by atoms with Gasteiger partial charge in [-0.25, -0.2) is 0 Å². The molecular formula is C9H22N2O3. The van der Waals surface area contributed by atoms with Crippen molar-refractivity contribution in [3.05, 3.63) is 0 Å². The fourth-order valence-electron chi connectivity index (χ4n) is 1.15. The van der Waals surface area contributed by atoms with Gasteiger partial charge in [-0.1, -0.05) is 0 Å². The summed E-state index contributed by atoms with van der Waals surface area (Å²) >= 11 is 0. The number of ether oxygens (including phenoxy) is 3. The fourth-order valence-corrected chi connectivity index (χ4v) is 1.15. The van der Waals surface area contributed by atoms with Crippen LogP contribution in [0.2, 0.25) is 0 Å². The van der Waals surface area contributed by atoms with Gasteiger partial charge in [0, 0.05) is 46.9 Å². The summed E-state index contributed by atoms with van der Waals surface area (Å²) in [5.74, 6) is 0. The maximum absolute atomic E-state index is 5.60. The second-order valence-corrected chi connectivity index (χ2v) is 3.02. The van der Waals surface area contributed by atoms with Crippen molar-refractivity contribution in [3.8, 4) is 0 Å². The number of rotatable bonds is 9. The Morgan fingerprint density at radius 2 is 1.86 bits per heavy atom. The van der Waals surface area contributed by atoms with E-state index in [1.54, 1.807) is 21.3 Å². The standard InChI is InChI=1S/C9H22N2O3/c1-12-5-4-11-8(7-10)6-9(13-2)14-3/h8-9,11H,4-7,10H2,1-3H3. The van der Waals surface area contributed by atoms with Crippen molar-refractivity contribution in [2.45, 2.75) is 18.8 Å². The summed E-state index contributed by atoms with van der Waals surface area (Å²) in [7, 11) is 4.92. The molecule has 1 atom stereocenters. The van der Waals surface area contributed by atoms with E-state index in [9.17, 15) is 0 Å². The molecule has 0 heterocycles. The molecule has 0 spiro atoms. The van der Waals surface area contributed by atoms with Gasteiger partial charge >= 0.3 is 0 Å². The van der Waals surface area contributed by atoms with Crippen molar-refractivity contribution < 1.29 is 14.2 Å². The van der Waals surface area contributed by atoms with Gasteiger partial charge in [0.15, 0.2) is 6.29 Å². The Kier molecular flexibility index (Phi) is 9.23. The lowest BCUT2D eigenvalue weighted by molar-refractivity contribution is -0.110. The fraction of sp³-hybridized carbons (Fsp3) is 1.00. The molecular weight excluding hydrogens is 184 g/mol. The Hall–Kier alpha value is -0.200. The second-order valence-electron chi connectivity index (χ2n) is 3.02. The van der Waals surface area contributed by atoms with Crippen LogP contribution < -0.4 is 11.1 Å². The highest BCUT2D eigenvalue weighted by molar-refractivity contribution is 4.68. The van der Waals surface area contributed by atoms with Gasteiger partial charge in [-0.15, -0.1) is 0 Å². The van der Waals surface area contributed by atoms with Gasteiger partial charge in [0.25, 0.3) is 0 Å². The predicted octanol–water partition coefficient (Wildman–Crippen LogP) is -0.441. The minimum atomic E-state index is -0.196. The summed E-state index contributed by atoms with van der Waals surface area (Å²) in [5, 5.41) is 3.26. The molecule has 0 aliphatic heterocycles. The summed E-state index contributed by atoms with van der Waals surface area (Å²) in [6, 6.07) is 0.204. The Labute approximate surface area is 85.9 Å². The van der Waals surface area contributed by atoms with Gasteiger partial charge in [-0.2, -0.15) is 0 Å². The maximum Gasteiger partial charge on any atom is 0.158 e. The van der Waals surface area contributed by atoms with E-state index in [0.29, 0.717) is 13.2 Å². The zero-order chi connectivity index (χ0) is 10.8. The van der Waals surface area contributed by atoms with E-state index in [-0.39, 0.29) is 12.3 Å². The van der Waals surface area contributed by atoms with Crippen molar-refractivity contribution >= 4 is 0 Å². The molecule has 0 aromatic rings.